The van der Waals surface area contributed by atoms with E-state index in [1.54, 1.807) is 0 Å². The summed E-state index contributed by atoms with van der Waals surface area (Å²) in [6.07, 6.45) is 2.61. The molecule has 0 amide bonds. The smallest absolute Gasteiger partial charge is 0.150 e. The molecule has 0 aromatic heterocycles. The monoisotopic (exact) mass is 163 g/mol. The first-order valence-electron chi connectivity index (χ1n) is 3.85. The summed E-state index contributed by atoms with van der Waals surface area (Å²) in [5.41, 5.74) is 2.21. The summed E-state index contributed by atoms with van der Waals surface area (Å²) in [6, 6.07) is 5.94. The van der Waals surface area contributed by atoms with E-state index in [4.69, 9.17) is 10.7 Å². The highest BCUT2D eigenvalue weighted by Crippen LogP contribution is 2.19. The highest BCUT2D eigenvalue weighted by molar-refractivity contribution is 5.37. The van der Waals surface area contributed by atoms with Gasteiger partial charge in [-0.1, -0.05) is 18.2 Å². The molecule has 0 radical (unpaired) electrons. The number of rotatable bonds is 3. The third-order valence-corrected chi connectivity index (χ3v) is 1.71. The Labute approximate surface area is 72.6 Å². The van der Waals surface area contributed by atoms with Crippen LogP contribution in [-0.4, -0.2) is 0 Å². The molecule has 2 heteroatoms. The van der Waals surface area contributed by atoms with Crippen LogP contribution in [0.1, 0.15) is 11.1 Å². The summed E-state index contributed by atoms with van der Waals surface area (Å²) in [5, 5.41) is 0. The highest BCUT2D eigenvalue weighted by atomic mass is 16.6. The average Bonchev–Trinajstić information content (AvgIpc) is 2.08. The Balaban J connectivity index is 3.01. The lowest BCUT2D eigenvalue weighted by Gasteiger charge is -2.05. The van der Waals surface area contributed by atoms with Crippen molar-refractivity contribution in [3.05, 3.63) is 42.0 Å². The zero-order chi connectivity index (χ0) is 8.97. The van der Waals surface area contributed by atoms with Gasteiger partial charge in [0.2, 0.25) is 0 Å². The maximum absolute atomic E-state index is 5.12. The molecule has 12 heavy (non-hydrogen) atoms. The first-order chi connectivity index (χ1) is 5.77. The Hall–Kier alpha value is -1.28. The number of benzene rings is 1. The van der Waals surface area contributed by atoms with Gasteiger partial charge in [0.1, 0.15) is 0 Å². The molecule has 1 aromatic carbocycles. The number of nitrogens with two attached hydrogens (primary N) is 1. The second-order valence-corrected chi connectivity index (χ2v) is 2.72. The molecule has 0 unspecified atom stereocenters. The second-order valence-electron chi connectivity index (χ2n) is 2.72. The van der Waals surface area contributed by atoms with E-state index >= 15 is 0 Å². The van der Waals surface area contributed by atoms with E-state index in [0.717, 1.165) is 23.3 Å². The second kappa shape index (κ2) is 3.93. The average molecular weight is 163 g/mol. The van der Waals surface area contributed by atoms with Crippen LogP contribution in [0.5, 0.6) is 5.75 Å². The van der Waals surface area contributed by atoms with Gasteiger partial charge in [0.05, 0.1) is 0 Å². The molecular weight excluding hydrogens is 150 g/mol. The topological polar surface area (TPSA) is 35.2 Å². The van der Waals surface area contributed by atoms with Gasteiger partial charge in [-0.15, -0.1) is 6.58 Å². The lowest BCUT2D eigenvalue weighted by atomic mass is 10.1. The quantitative estimate of drug-likeness (QED) is 0.546. The molecule has 0 spiro atoms. The van der Waals surface area contributed by atoms with Gasteiger partial charge in [-0.2, -0.15) is 5.90 Å². The zero-order valence-electron chi connectivity index (χ0n) is 7.21. The number of aryl methyl sites for hydroxylation is 1. The Bertz CT molecular complexity index is 281. The summed E-state index contributed by atoms with van der Waals surface area (Å²) < 4.78 is 0. The van der Waals surface area contributed by atoms with Gasteiger partial charge in [0, 0.05) is 5.56 Å². The van der Waals surface area contributed by atoms with Crippen molar-refractivity contribution in [3.8, 4) is 5.75 Å². The summed E-state index contributed by atoms with van der Waals surface area (Å²) in [6.45, 7) is 5.66. The Morgan fingerprint density at radius 3 is 2.92 bits per heavy atom. The molecule has 0 fully saturated rings. The first-order valence-corrected chi connectivity index (χ1v) is 3.85. The maximum Gasteiger partial charge on any atom is 0.150 e. The fraction of sp³-hybridized carbons (Fsp3) is 0.200. The molecule has 0 saturated heterocycles. The molecular formula is C10H13NO. The number of hydrogen-bond acceptors (Lipinski definition) is 2. The Morgan fingerprint density at radius 2 is 2.33 bits per heavy atom. The minimum atomic E-state index is 0.731. The molecule has 64 valence electrons. The van der Waals surface area contributed by atoms with Crippen molar-refractivity contribution < 1.29 is 4.84 Å². The normalized spacial score (nSPS) is 9.50. The molecule has 1 aromatic rings. The molecule has 0 bridgehead atoms. The van der Waals surface area contributed by atoms with Gasteiger partial charge >= 0.3 is 0 Å². The third kappa shape index (κ3) is 1.86. The molecule has 2 N–H and O–H groups in total. The maximum atomic E-state index is 5.12. The van der Waals surface area contributed by atoms with Crippen molar-refractivity contribution in [2.45, 2.75) is 13.3 Å². The summed E-state index contributed by atoms with van der Waals surface area (Å²) in [5.74, 6) is 5.85. The van der Waals surface area contributed by atoms with Gasteiger partial charge < -0.3 is 4.84 Å². The van der Waals surface area contributed by atoms with Gasteiger partial charge in [-0.05, 0) is 25.0 Å². The van der Waals surface area contributed by atoms with Crippen LogP contribution >= 0.6 is 0 Å². The fourth-order valence-corrected chi connectivity index (χ4v) is 1.10. The Kier molecular flexibility index (Phi) is 2.88. The molecule has 0 aliphatic carbocycles. The number of allylic oxidation sites excluding steroid dienone is 1. The summed E-state index contributed by atoms with van der Waals surface area (Å²) in [4.78, 5) is 4.73. The summed E-state index contributed by atoms with van der Waals surface area (Å²) in [7, 11) is 0. The van der Waals surface area contributed by atoms with Gasteiger partial charge in [-0.25, -0.2) is 0 Å². The highest BCUT2D eigenvalue weighted by Gasteiger charge is 2.00. The van der Waals surface area contributed by atoms with Gasteiger partial charge in [0.25, 0.3) is 0 Å². The van der Waals surface area contributed by atoms with Crippen molar-refractivity contribution in [3.63, 3.8) is 0 Å². The van der Waals surface area contributed by atoms with Crippen molar-refractivity contribution in [1.29, 1.82) is 0 Å². The lowest BCUT2D eigenvalue weighted by molar-refractivity contribution is 0.331. The van der Waals surface area contributed by atoms with Crippen LogP contribution < -0.4 is 10.7 Å². The standard InChI is InChI=1S/C10H13NO/c1-3-4-9-6-5-8(2)7-10(9)12-11/h3,5-7H,1,4,11H2,2H3. The van der Waals surface area contributed by atoms with Crippen LogP contribution in [0.25, 0.3) is 0 Å². The van der Waals surface area contributed by atoms with Crippen molar-refractivity contribution in [1.82, 2.24) is 0 Å². The lowest BCUT2D eigenvalue weighted by Crippen LogP contribution is -2.04. The van der Waals surface area contributed by atoms with Crippen molar-refractivity contribution in [2.75, 3.05) is 0 Å². The van der Waals surface area contributed by atoms with Gasteiger partial charge in [-0.3, -0.25) is 0 Å². The minimum absolute atomic E-state index is 0.731. The third-order valence-electron chi connectivity index (χ3n) is 1.71. The van der Waals surface area contributed by atoms with Crippen LogP contribution in [0, 0.1) is 6.92 Å². The largest absolute Gasteiger partial charge is 0.411 e. The van der Waals surface area contributed by atoms with E-state index in [-0.39, 0.29) is 0 Å². The van der Waals surface area contributed by atoms with Crippen LogP contribution in [0.15, 0.2) is 30.9 Å². The molecule has 0 aliphatic rings. The van der Waals surface area contributed by atoms with E-state index in [0.29, 0.717) is 0 Å². The first kappa shape index (κ1) is 8.81. The molecule has 1 rings (SSSR count). The molecule has 0 aliphatic heterocycles. The molecule has 0 heterocycles. The van der Waals surface area contributed by atoms with E-state index in [2.05, 4.69) is 6.58 Å². The van der Waals surface area contributed by atoms with Crippen LogP contribution in [-0.2, 0) is 6.42 Å². The predicted octanol–water partition coefficient (Wildman–Crippen LogP) is 1.98. The molecule has 2 nitrogen and oxygen atoms in total. The van der Waals surface area contributed by atoms with Crippen LogP contribution in [0.2, 0.25) is 0 Å². The summed E-state index contributed by atoms with van der Waals surface area (Å²) >= 11 is 0. The van der Waals surface area contributed by atoms with Crippen molar-refractivity contribution in [2.24, 2.45) is 5.90 Å². The fourth-order valence-electron chi connectivity index (χ4n) is 1.10. The van der Waals surface area contributed by atoms with E-state index in [1.165, 1.54) is 0 Å². The van der Waals surface area contributed by atoms with Crippen LogP contribution in [0.4, 0.5) is 0 Å². The molecule has 0 saturated carbocycles. The zero-order valence-corrected chi connectivity index (χ0v) is 7.21. The molecule has 0 atom stereocenters. The van der Waals surface area contributed by atoms with Crippen molar-refractivity contribution >= 4 is 0 Å². The minimum Gasteiger partial charge on any atom is -0.411 e. The predicted molar refractivity (Wildman–Crippen MR) is 49.9 cm³/mol. The van der Waals surface area contributed by atoms with E-state index in [9.17, 15) is 0 Å². The van der Waals surface area contributed by atoms with E-state index < -0.39 is 0 Å². The van der Waals surface area contributed by atoms with Gasteiger partial charge in [0.15, 0.2) is 5.75 Å². The Morgan fingerprint density at radius 1 is 1.58 bits per heavy atom. The van der Waals surface area contributed by atoms with E-state index in [1.807, 2.05) is 31.2 Å². The number of hydrogen-bond donors (Lipinski definition) is 1. The van der Waals surface area contributed by atoms with Crippen LogP contribution in [0.3, 0.4) is 0 Å². The SMILES string of the molecule is C=CCc1ccc(C)cc1ON.